The predicted octanol–water partition coefficient (Wildman–Crippen LogP) is 2.13. The molecule has 3 rings (SSSR count). The van der Waals surface area contributed by atoms with Crippen LogP contribution in [-0.2, 0) is 20.8 Å². The summed E-state index contributed by atoms with van der Waals surface area (Å²) in [5.41, 5.74) is 0. The van der Waals surface area contributed by atoms with Gasteiger partial charge in [0.1, 0.15) is 11.9 Å². The SMILES string of the molecule is CCO[C@H](C)c1noc(CN2CCOC[C@@H]2[C@@H]2CCCCC2=O)n1. The summed E-state index contributed by atoms with van der Waals surface area (Å²) in [6, 6.07) is 0.117. The Morgan fingerprint density at radius 2 is 2.29 bits per heavy atom. The molecule has 1 saturated heterocycles. The molecule has 1 aromatic heterocycles. The molecule has 2 heterocycles. The lowest BCUT2D eigenvalue weighted by Crippen LogP contribution is -2.51. The van der Waals surface area contributed by atoms with Crippen molar-refractivity contribution < 1.29 is 18.8 Å². The number of nitrogens with zero attached hydrogens (tertiary/aromatic N) is 3. The van der Waals surface area contributed by atoms with Crippen LogP contribution in [0.5, 0.6) is 0 Å². The van der Waals surface area contributed by atoms with Gasteiger partial charge in [0.25, 0.3) is 0 Å². The molecule has 2 aliphatic rings. The average Bonchev–Trinajstić information content (AvgIpc) is 3.05. The molecule has 0 aromatic carbocycles. The lowest BCUT2D eigenvalue weighted by molar-refractivity contribution is -0.131. The van der Waals surface area contributed by atoms with Crippen LogP contribution in [0.2, 0.25) is 0 Å². The van der Waals surface area contributed by atoms with Gasteiger partial charge in [-0.2, -0.15) is 4.98 Å². The second-order valence-electron chi connectivity index (χ2n) is 6.58. The number of morpholine rings is 1. The molecule has 0 bridgehead atoms. The summed E-state index contributed by atoms with van der Waals surface area (Å²) in [7, 11) is 0. The molecule has 1 aliphatic carbocycles. The maximum atomic E-state index is 12.3. The summed E-state index contributed by atoms with van der Waals surface area (Å²) in [6.45, 7) is 7.09. The zero-order valence-corrected chi connectivity index (χ0v) is 14.6. The van der Waals surface area contributed by atoms with Gasteiger partial charge in [-0.15, -0.1) is 0 Å². The van der Waals surface area contributed by atoms with Crippen LogP contribution in [-0.4, -0.2) is 53.2 Å². The van der Waals surface area contributed by atoms with Gasteiger partial charge >= 0.3 is 0 Å². The monoisotopic (exact) mass is 337 g/mol. The van der Waals surface area contributed by atoms with Crippen LogP contribution in [0.4, 0.5) is 0 Å². The van der Waals surface area contributed by atoms with E-state index in [1.807, 2.05) is 13.8 Å². The summed E-state index contributed by atoms with van der Waals surface area (Å²) >= 11 is 0. The Morgan fingerprint density at radius 1 is 1.42 bits per heavy atom. The number of carbonyl (C=O) groups is 1. The average molecular weight is 337 g/mol. The van der Waals surface area contributed by atoms with Gasteiger partial charge in [-0.05, 0) is 26.7 Å². The maximum Gasteiger partial charge on any atom is 0.240 e. The van der Waals surface area contributed by atoms with Gasteiger partial charge in [-0.25, -0.2) is 0 Å². The fourth-order valence-electron chi connectivity index (χ4n) is 3.64. The first-order valence-corrected chi connectivity index (χ1v) is 8.97. The van der Waals surface area contributed by atoms with E-state index in [0.717, 1.165) is 25.8 Å². The van der Waals surface area contributed by atoms with Crippen LogP contribution in [0.15, 0.2) is 4.52 Å². The van der Waals surface area contributed by atoms with Crippen LogP contribution in [0, 0.1) is 5.92 Å². The topological polar surface area (TPSA) is 77.7 Å². The van der Waals surface area contributed by atoms with Crippen molar-refractivity contribution in [1.29, 1.82) is 0 Å². The smallest absolute Gasteiger partial charge is 0.240 e. The van der Waals surface area contributed by atoms with Crippen LogP contribution < -0.4 is 0 Å². The first-order chi connectivity index (χ1) is 11.7. The Bertz CT molecular complexity index is 548. The third-order valence-electron chi connectivity index (χ3n) is 4.95. The molecule has 0 unspecified atom stereocenters. The Hall–Kier alpha value is -1.31. The molecule has 0 radical (unpaired) electrons. The molecule has 2 fully saturated rings. The molecule has 1 aliphatic heterocycles. The summed E-state index contributed by atoms with van der Waals surface area (Å²) in [6.07, 6.45) is 3.63. The maximum absolute atomic E-state index is 12.3. The fourth-order valence-corrected chi connectivity index (χ4v) is 3.64. The zero-order chi connectivity index (χ0) is 16.9. The van der Waals surface area contributed by atoms with Crippen molar-refractivity contribution in [2.24, 2.45) is 5.92 Å². The van der Waals surface area contributed by atoms with Crippen LogP contribution in [0.25, 0.3) is 0 Å². The number of hydrogen-bond acceptors (Lipinski definition) is 7. The molecule has 24 heavy (non-hydrogen) atoms. The number of carbonyl (C=O) groups excluding carboxylic acids is 1. The van der Waals surface area contributed by atoms with Crippen molar-refractivity contribution in [3.8, 4) is 0 Å². The molecular weight excluding hydrogens is 310 g/mol. The zero-order valence-electron chi connectivity index (χ0n) is 14.6. The van der Waals surface area contributed by atoms with Crippen molar-refractivity contribution in [1.82, 2.24) is 15.0 Å². The first-order valence-electron chi connectivity index (χ1n) is 8.97. The van der Waals surface area contributed by atoms with Gasteiger partial charge < -0.3 is 14.0 Å². The second kappa shape index (κ2) is 8.18. The van der Waals surface area contributed by atoms with E-state index in [2.05, 4.69) is 15.0 Å². The third kappa shape index (κ3) is 4.02. The van der Waals surface area contributed by atoms with Crippen LogP contribution in [0.3, 0.4) is 0 Å². The number of hydrogen-bond donors (Lipinski definition) is 0. The quantitative estimate of drug-likeness (QED) is 0.787. The highest BCUT2D eigenvalue weighted by Crippen LogP contribution is 2.29. The minimum atomic E-state index is -0.173. The molecule has 0 spiro atoms. The third-order valence-corrected chi connectivity index (χ3v) is 4.95. The van der Waals surface area contributed by atoms with Crippen molar-refractivity contribution in [2.45, 2.75) is 58.2 Å². The van der Waals surface area contributed by atoms with Crippen molar-refractivity contribution in [2.75, 3.05) is 26.4 Å². The minimum absolute atomic E-state index is 0.0730. The van der Waals surface area contributed by atoms with E-state index in [1.54, 1.807) is 0 Å². The van der Waals surface area contributed by atoms with E-state index in [1.165, 1.54) is 0 Å². The molecular formula is C17H27N3O4. The number of rotatable bonds is 6. The van der Waals surface area contributed by atoms with Gasteiger partial charge in [0, 0.05) is 31.5 Å². The molecule has 1 aromatic rings. The van der Waals surface area contributed by atoms with E-state index in [0.29, 0.717) is 50.3 Å². The van der Waals surface area contributed by atoms with E-state index < -0.39 is 0 Å². The minimum Gasteiger partial charge on any atom is -0.378 e. The van der Waals surface area contributed by atoms with E-state index in [9.17, 15) is 4.79 Å². The Morgan fingerprint density at radius 3 is 3.08 bits per heavy atom. The van der Waals surface area contributed by atoms with Gasteiger partial charge in [-0.3, -0.25) is 9.69 Å². The second-order valence-corrected chi connectivity index (χ2v) is 6.58. The van der Waals surface area contributed by atoms with Gasteiger partial charge in [0.05, 0.1) is 19.8 Å². The Kier molecular flexibility index (Phi) is 5.97. The number of Topliss-reactive ketones (excluding diaryl/α,β-unsaturated/α-hetero) is 1. The molecule has 1 saturated carbocycles. The molecule has 134 valence electrons. The predicted molar refractivity (Wildman–Crippen MR) is 86.3 cm³/mol. The van der Waals surface area contributed by atoms with Crippen LogP contribution >= 0.6 is 0 Å². The molecule has 7 heteroatoms. The van der Waals surface area contributed by atoms with Gasteiger partial charge in [-0.1, -0.05) is 11.6 Å². The Balaban J connectivity index is 1.66. The summed E-state index contributed by atoms with van der Waals surface area (Å²) in [4.78, 5) is 19.0. The lowest BCUT2D eigenvalue weighted by atomic mass is 9.82. The number of ketones is 1. The normalized spacial score (nSPS) is 27.3. The fraction of sp³-hybridized carbons (Fsp3) is 0.824. The van der Waals surface area contributed by atoms with Crippen molar-refractivity contribution >= 4 is 5.78 Å². The summed E-state index contributed by atoms with van der Waals surface area (Å²) in [5.74, 6) is 1.60. The highest BCUT2D eigenvalue weighted by Gasteiger charge is 2.36. The van der Waals surface area contributed by atoms with Gasteiger partial charge in [0.2, 0.25) is 5.89 Å². The lowest BCUT2D eigenvalue weighted by Gasteiger charge is -2.40. The van der Waals surface area contributed by atoms with Crippen molar-refractivity contribution in [3.63, 3.8) is 0 Å². The molecule has 0 N–H and O–H groups in total. The first kappa shape index (κ1) is 17.5. The van der Waals surface area contributed by atoms with E-state index in [-0.39, 0.29) is 18.1 Å². The Labute approximate surface area is 142 Å². The molecule has 0 amide bonds. The standard InChI is InChI=1S/C17H27N3O4/c1-3-23-12(2)17-18-16(24-19-17)10-20-8-9-22-11-14(20)13-6-4-5-7-15(13)21/h12-14H,3-11H2,1-2H3/t12-,13+,14-/m1/s1. The largest absolute Gasteiger partial charge is 0.378 e. The van der Waals surface area contributed by atoms with E-state index in [4.69, 9.17) is 14.0 Å². The van der Waals surface area contributed by atoms with Crippen LogP contribution in [0.1, 0.15) is 57.3 Å². The summed E-state index contributed by atoms with van der Waals surface area (Å²) < 4.78 is 16.5. The highest BCUT2D eigenvalue weighted by atomic mass is 16.5. The number of aromatic nitrogens is 2. The summed E-state index contributed by atoms with van der Waals surface area (Å²) in [5, 5.41) is 4.02. The van der Waals surface area contributed by atoms with Gasteiger partial charge in [0.15, 0.2) is 5.82 Å². The molecule has 7 nitrogen and oxygen atoms in total. The number of ether oxygens (including phenoxy) is 2. The van der Waals surface area contributed by atoms with E-state index >= 15 is 0 Å². The highest BCUT2D eigenvalue weighted by molar-refractivity contribution is 5.82. The van der Waals surface area contributed by atoms with Crippen molar-refractivity contribution in [3.05, 3.63) is 11.7 Å². The molecule has 3 atom stereocenters.